The van der Waals surface area contributed by atoms with E-state index in [2.05, 4.69) is 16.2 Å². The first kappa shape index (κ1) is 21.0. The van der Waals surface area contributed by atoms with Crippen LogP contribution in [0.15, 0.2) is 48.5 Å². The van der Waals surface area contributed by atoms with Crippen LogP contribution >= 0.6 is 0 Å². The van der Waals surface area contributed by atoms with Gasteiger partial charge in [-0.15, -0.1) is 0 Å². The fraction of sp³-hybridized carbons (Fsp3) is 0.200. The van der Waals surface area contributed by atoms with Crippen molar-refractivity contribution in [1.29, 1.82) is 0 Å². The molecule has 0 spiro atoms. The van der Waals surface area contributed by atoms with Gasteiger partial charge in [0.25, 0.3) is 11.8 Å². The number of hydrazine groups is 1. The number of hydrogen-bond acceptors (Lipinski definition) is 3. The van der Waals surface area contributed by atoms with E-state index in [1.165, 1.54) is 18.2 Å². The lowest BCUT2D eigenvalue weighted by Gasteiger charge is -2.10. The van der Waals surface area contributed by atoms with Crippen molar-refractivity contribution >= 4 is 23.6 Å². The molecule has 0 radical (unpaired) electrons. The van der Waals surface area contributed by atoms with Gasteiger partial charge in [0.05, 0.1) is 12.1 Å². The zero-order valence-corrected chi connectivity index (χ0v) is 15.4. The Kier molecular flexibility index (Phi) is 6.81. The Morgan fingerprint density at radius 2 is 1.68 bits per heavy atom. The highest BCUT2D eigenvalue weighted by molar-refractivity contribution is 5.93. The van der Waals surface area contributed by atoms with Crippen molar-refractivity contribution in [3.8, 4) is 0 Å². The third-order valence-corrected chi connectivity index (χ3v) is 3.81. The third kappa shape index (κ3) is 6.46. The van der Waals surface area contributed by atoms with Crippen molar-refractivity contribution in [2.24, 2.45) is 0 Å². The summed E-state index contributed by atoms with van der Waals surface area (Å²) >= 11 is 0. The van der Waals surface area contributed by atoms with Crippen LogP contribution in [0, 0.1) is 13.8 Å². The molecule has 5 nitrogen and oxygen atoms in total. The largest absolute Gasteiger partial charge is 0.416 e. The molecule has 0 aliphatic rings. The Morgan fingerprint density at radius 1 is 1.00 bits per heavy atom. The first-order chi connectivity index (χ1) is 13.1. The van der Waals surface area contributed by atoms with E-state index in [9.17, 15) is 22.8 Å². The average Bonchev–Trinajstić information content (AvgIpc) is 2.63. The Balaban J connectivity index is 1.78. The van der Waals surface area contributed by atoms with Crippen LogP contribution in [0.25, 0.3) is 6.08 Å². The predicted molar refractivity (Wildman–Crippen MR) is 101 cm³/mol. The van der Waals surface area contributed by atoms with Crippen LogP contribution < -0.4 is 16.2 Å². The third-order valence-electron chi connectivity index (χ3n) is 3.81. The Labute approximate surface area is 160 Å². The number of amides is 2. The maximum atomic E-state index is 12.5. The van der Waals surface area contributed by atoms with Crippen molar-refractivity contribution in [1.82, 2.24) is 10.9 Å². The number of hydrogen-bond donors (Lipinski definition) is 3. The molecule has 2 amide bonds. The van der Waals surface area contributed by atoms with E-state index in [-0.39, 0.29) is 6.54 Å². The average molecular weight is 391 g/mol. The lowest BCUT2D eigenvalue weighted by Crippen LogP contribution is -2.43. The fourth-order valence-electron chi connectivity index (χ4n) is 2.36. The number of carbonyl (C=O) groups is 2. The maximum Gasteiger partial charge on any atom is 0.416 e. The number of nitrogens with one attached hydrogen (secondary N) is 3. The number of alkyl halides is 3. The van der Waals surface area contributed by atoms with Gasteiger partial charge in [-0.1, -0.05) is 29.8 Å². The number of halogens is 3. The van der Waals surface area contributed by atoms with Crippen molar-refractivity contribution < 1.29 is 22.8 Å². The SMILES string of the molecule is Cc1ccc(NCC(=O)NNC(=O)/C=C/c2ccc(C(F)(F)F)cc2)c(C)c1. The molecule has 148 valence electrons. The topological polar surface area (TPSA) is 70.2 Å². The van der Waals surface area contributed by atoms with Crippen LogP contribution in [-0.4, -0.2) is 18.4 Å². The summed E-state index contributed by atoms with van der Waals surface area (Å²) in [5.41, 5.74) is 7.03. The van der Waals surface area contributed by atoms with E-state index >= 15 is 0 Å². The quantitative estimate of drug-likeness (QED) is 0.539. The lowest BCUT2D eigenvalue weighted by molar-refractivity contribution is -0.137. The summed E-state index contributed by atoms with van der Waals surface area (Å²) in [6.07, 6.45) is -1.95. The van der Waals surface area contributed by atoms with E-state index in [4.69, 9.17) is 0 Å². The minimum atomic E-state index is -4.41. The molecule has 8 heteroatoms. The highest BCUT2D eigenvalue weighted by Crippen LogP contribution is 2.29. The summed E-state index contributed by atoms with van der Waals surface area (Å²) in [5.74, 6) is -1.06. The van der Waals surface area contributed by atoms with Gasteiger partial charge in [-0.05, 0) is 49.2 Å². The molecule has 0 atom stereocenters. The van der Waals surface area contributed by atoms with Gasteiger partial charge in [0.2, 0.25) is 0 Å². The maximum absolute atomic E-state index is 12.5. The van der Waals surface area contributed by atoms with Crippen LogP contribution in [0.4, 0.5) is 18.9 Å². The first-order valence-electron chi connectivity index (χ1n) is 8.40. The molecule has 3 N–H and O–H groups in total. The van der Waals surface area contributed by atoms with Crippen molar-refractivity contribution in [2.45, 2.75) is 20.0 Å². The normalized spacial score (nSPS) is 11.3. The smallest absolute Gasteiger partial charge is 0.376 e. The molecule has 0 aliphatic heterocycles. The number of anilines is 1. The number of carbonyl (C=O) groups excluding carboxylic acids is 2. The summed E-state index contributed by atoms with van der Waals surface area (Å²) in [6, 6.07) is 10.1. The Bertz CT molecular complexity index is 875. The molecule has 0 aromatic heterocycles. The van der Waals surface area contributed by atoms with Gasteiger partial charge in [0, 0.05) is 11.8 Å². The standard InChI is InChI=1S/C20H20F3N3O2/c1-13-3-9-17(14(2)11-13)24-12-19(28)26-25-18(27)10-6-15-4-7-16(8-5-15)20(21,22)23/h3-11,24H,12H2,1-2H3,(H,25,27)(H,26,28)/b10-6+. The second-order valence-electron chi connectivity index (χ2n) is 6.16. The monoisotopic (exact) mass is 391 g/mol. The molecule has 28 heavy (non-hydrogen) atoms. The summed E-state index contributed by atoms with van der Waals surface area (Å²) in [5, 5.41) is 2.97. The minimum Gasteiger partial charge on any atom is -0.376 e. The lowest BCUT2D eigenvalue weighted by atomic mass is 10.1. The highest BCUT2D eigenvalue weighted by atomic mass is 19.4. The molecular formula is C20H20F3N3O2. The molecule has 2 aromatic rings. The summed E-state index contributed by atoms with van der Waals surface area (Å²) in [7, 11) is 0. The molecule has 2 aromatic carbocycles. The number of rotatable bonds is 5. The molecule has 0 saturated heterocycles. The number of aryl methyl sites for hydroxylation is 2. The van der Waals surface area contributed by atoms with Crippen LogP contribution in [0.3, 0.4) is 0 Å². The van der Waals surface area contributed by atoms with Crippen molar-refractivity contribution in [2.75, 3.05) is 11.9 Å². The van der Waals surface area contributed by atoms with Gasteiger partial charge in [0.1, 0.15) is 0 Å². The van der Waals surface area contributed by atoms with E-state index in [1.54, 1.807) is 0 Å². The van der Waals surface area contributed by atoms with Crippen LogP contribution in [0.1, 0.15) is 22.3 Å². The Morgan fingerprint density at radius 3 is 2.29 bits per heavy atom. The molecule has 0 saturated carbocycles. The zero-order chi connectivity index (χ0) is 20.7. The van der Waals surface area contributed by atoms with E-state index in [0.717, 1.165) is 35.0 Å². The molecule has 2 rings (SSSR count). The van der Waals surface area contributed by atoms with Crippen LogP contribution in [-0.2, 0) is 15.8 Å². The van der Waals surface area contributed by atoms with Crippen molar-refractivity contribution in [3.05, 3.63) is 70.8 Å². The van der Waals surface area contributed by atoms with Crippen LogP contribution in [0.5, 0.6) is 0 Å². The first-order valence-corrected chi connectivity index (χ1v) is 8.40. The molecule has 0 aliphatic carbocycles. The molecular weight excluding hydrogens is 371 g/mol. The summed E-state index contributed by atoms with van der Waals surface area (Å²) < 4.78 is 37.5. The predicted octanol–water partition coefficient (Wildman–Crippen LogP) is 3.59. The zero-order valence-electron chi connectivity index (χ0n) is 15.4. The van der Waals surface area contributed by atoms with Gasteiger partial charge >= 0.3 is 6.18 Å². The minimum absolute atomic E-state index is 0.0349. The molecule has 0 heterocycles. The summed E-state index contributed by atoms with van der Waals surface area (Å²) in [6.45, 7) is 3.85. The van der Waals surface area contributed by atoms with Gasteiger partial charge in [-0.25, -0.2) is 0 Å². The van der Waals surface area contributed by atoms with E-state index < -0.39 is 23.6 Å². The van der Waals surface area contributed by atoms with Crippen molar-refractivity contribution in [3.63, 3.8) is 0 Å². The van der Waals surface area contributed by atoms with Gasteiger partial charge in [-0.3, -0.25) is 20.4 Å². The second-order valence-corrected chi connectivity index (χ2v) is 6.16. The number of benzene rings is 2. The molecule has 0 fully saturated rings. The Hall–Kier alpha value is -3.29. The second kappa shape index (κ2) is 9.07. The highest BCUT2D eigenvalue weighted by Gasteiger charge is 2.29. The van der Waals surface area contributed by atoms with Gasteiger partial charge in [0.15, 0.2) is 0 Å². The molecule has 0 bridgehead atoms. The molecule has 0 unspecified atom stereocenters. The van der Waals surface area contributed by atoms with Crippen LogP contribution in [0.2, 0.25) is 0 Å². The van der Waals surface area contributed by atoms with Gasteiger partial charge < -0.3 is 5.32 Å². The summed E-state index contributed by atoms with van der Waals surface area (Å²) in [4.78, 5) is 23.5. The van der Waals surface area contributed by atoms with E-state index in [1.807, 2.05) is 32.0 Å². The fourth-order valence-corrected chi connectivity index (χ4v) is 2.36. The van der Waals surface area contributed by atoms with E-state index in [0.29, 0.717) is 5.56 Å². The van der Waals surface area contributed by atoms with Gasteiger partial charge in [-0.2, -0.15) is 13.2 Å².